The zero-order valence-corrected chi connectivity index (χ0v) is 21.3. The standard InChI is InChI=1S/C22H15ClF7N7O4/c1-35-16(13(41-18(24)25)14(34-35)21(26,27)22(28,29)30)36-8-11(7-33-36)10-5-12(15(23)32-6-10)17(38)37(19(39)40-2)20(9-31)3-4-20/h5-8,18H,3-4H2,1-2H3. The Bertz CT molecular complexity index is 1560. The van der Waals surface area contributed by atoms with E-state index in [1.807, 2.05) is 6.07 Å². The minimum absolute atomic E-state index is 0.0441. The van der Waals surface area contributed by atoms with Crippen LogP contribution >= 0.6 is 11.6 Å². The summed E-state index contributed by atoms with van der Waals surface area (Å²) in [4.78, 5) is 30.1. The van der Waals surface area contributed by atoms with E-state index < -0.39 is 53.5 Å². The molecule has 1 aliphatic rings. The number of carbonyl (C=O) groups excluding carboxylic acids is 2. The van der Waals surface area contributed by atoms with Gasteiger partial charge < -0.3 is 9.47 Å². The van der Waals surface area contributed by atoms with Crippen LogP contribution in [0.1, 0.15) is 28.9 Å². The van der Waals surface area contributed by atoms with Crippen LogP contribution in [0.3, 0.4) is 0 Å². The molecule has 2 amide bonds. The second-order valence-electron chi connectivity index (χ2n) is 8.57. The molecule has 0 spiro atoms. The molecule has 4 rings (SSSR count). The lowest BCUT2D eigenvalue weighted by Crippen LogP contribution is -2.46. The minimum Gasteiger partial charge on any atom is -0.452 e. The molecule has 0 aromatic carbocycles. The van der Waals surface area contributed by atoms with Crippen LogP contribution in [-0.2, 0) is 17.7 Å². The molecule has 0 N–H and O–H groups in total. The smallest absolute Gasteiger partial charge is 0.452 e. The van der Waals surface area contributed by atoms with E-state index >= 15 is 0 Å². The molecule has 1 aliphatic carbocycles. The van der Waals surface area contributed by atoms with Crippen molar-refractivity contribution in [3.8, 4) is 28.8 Å². The Morgan fingerprint density at radius 3 is 2.39 bits per heavy atom. The number of nitriles is 1. The third kappa shape index (κ3) is 5.12. The first kappa shape index (κ1) is 29.6. The van der Waals surface area contributed by atoms with E-state index in [1.54, 1.807) is 0 Å². The van der Waals surface area contributed by atoms with Crippen molar-refractivity contribution in [3.63, 3.8) is 0 Å². The summed E-state index contributed by atoms with van der Waals surface area (Å²) >= 11 is 6.08. The van der Waals surface area contributed by atoms with Crippen molar-refractivity contribution in [3.05, 3.63) is 41.1 Å². The van der Waals surface area contributed by atoms with Crippen LogP contribution in [0.4, 0.5) is 35.5 Å². The van der Waals surface area contributed by atoms with Gasteiger partial charge in [-0.1, -0.05) is 11.6 Å². The number of pyridine rings is 1. The van der Waals surface area contributed by atoms with Crippen molar-refractivity contribution in [1.29, 1.82) is 5.26 Å². The number of amides is 2. The lowest BCUT2D eigenvalue weighted by Gasteiger charge is -2.24. The zero-order chi connectivity index (χ0) is 30.5. The molecule has 1 saturated carbocycles. The van der Waals surface area contributed by atoms with Gasteiger partial charge in [0.05, 0.1) is 24.9 Å². The van der Waals surface area contributed by atoms with Crippen LogP contribution in [-0.4, -0.2) is 66.9 Å². The van der Waals surface area contributed by atoms with Gasteiger partial charge in [0, 0.05) is 30.6 Å². The van der Waals surface area contributed by atoms with Gasteiger partial charge >= 0.3 is 24.8 Å². The Labute approximate surface area is 229 Å². The van der Waals surface area contributed by atoms with Gasteiger partial charge in [0.1, 0.15) is 10.7 Å². The van der Waals surface area contributed by atoms with E-state index in [9.17, 15) is 45.6 Å². The SMILES string of the molecule is COC(=O)N(C(=O)c1cc(-c2cnn(-c3c(OC(F)F)c(C(F)(F)C(F)(F)F)nn3C)c2)cnc1Cl)C1(C#N)CC1. The van der Waals surface area contributed by atoms with Gasteiger partial charge in [-0.15, -0.1) is 0 Å². The molecule has 0 aliphatic heterocycles. The van der Waals surface area contributed by atoms with Crippen molar-refractivity contribution in [2.75, 3.05) is 7.11 Å². The Morgan fingerprint density at radius 2 is 1.85 bits per heavy atom. The van der Waals surface area contributed by atoms with Gasteiger partial charge in [-0.05, 0) is 18.9 Å². The number of halogens is 8. The van der Waals surface area contributed by atoms with Crippen LogP contribution in [0.5, 0.6) is 5.75 Å². The molecule has 0 bridgehead atoms. The first-order chi connectivity index (χ1) is 19.1. The van der Waals surface area contributed by atoms with Gasteiger partial charge in [-0.2, -0.15) is 46.2 Å². The van der Waals surface area contributed by atoms with E-state index in [2.05, 4.69) is 24.7 Å². The molecule has 218 valence electrons. The third-order valence-electron chi connectivity index (χ3n) is 5.96. The molecule has 19 heteroatoms. The topological polar surface area (TPSA) is 128 Å². The first-order valence-electron chi connectivity index (χ1n) is 11.1. The van der Waals surface area contributed by atoms with Crippen LogP contribution < -0.4 is 4.74 Å². The molecular weight excluding hydrogens is 595 g/mol. The highest BCUT2D eigenvalue weighted by Gasteiger charge is 2.63. The summed E-state index contributed by atoms with van der Waals surface area (Å²) < 4.78 is 103. The Kier molecular flexibility index (Phi) is 7.37. The average molecular weight is 610 g/mol. The van der Waals surface area contributed by atoms with Crippen molar-refractivity contribution in [2.45, 2.75) is 37.1 Å². The molecule has 3 aromatic rings. The van der Waals surface area contributed by atoms with Gasteiger partial charge in [-0.25, -0.2) is 24.0 Å². The second-order valence-corrected chi connectivity index (χ2v) is 8.92. The predicted molar refractivity (Wildman–Crippen MR) is 121 cm³/mol. The number of alkyl halides is 7. The number of ether oxygens (including phenoxy) is 2. The van der Waals surface area contributed by atoms with Crippen LogP contribution in [0.2, 0.25) is 5.15 Å². The fourth-order valence-electron chi connectivity index (χ4n) is 3.80. The number of aryl methyl sites for hydroxylation is 1. The summed E-state index contributed by atoms with van der Waals surface area (Å²) in [6.07, 6.45) is -3.76. The Balaban J connectivity index is 1.78. The van der Waals surface area contributed by atoms with E-state index in [4.69, 9.17) is 11.6 Å². The number of nitrogens with zero attached hydrogens (tertiary/aromatic N) is 7. The molecule has 0 radical (unpaired) electrons. The highest BCUT2D eigenvalue weighted by Crippen LogP contribution is 2.48. The van der Waals surface area contributed by atoms with E-state index in [-0.39, 0.29) is 34.7 Å². The minimum atomic E-state index is -6.19. The maximum Gasteiger partial charge on any atom is 0.459 e. The summed E-state index contributed by atoms with van der Waals surface area (Å²) in [7, 11) is 1.90. The number of methoxy groups -OCH3 is 1. The highest BCUT2D eigenvalue weighted by atomic mass is 35.5. The Morgan fingerprint density at radius 1 is 1.20 bits per heavy atom. The fraction of sp³-hybridized carbons (Fsp3) is 0.364. The van der Waals surface area contributed by atoms with E-state index in [0.29, 0.717) is 14.3 Å². The van der Waals surface area contributed by atoms with E-state index in [0.717, 1.165) is 38.8 Å². The molecule has 1 fully saturated rings. The lowest BCUT2D eigenvalue weighted by molar-refractivity contribution is -0.291. The molecule has 41 heavy (non-hydrogen) atoms. The van der Waals surface area contributed by atoms with Crippen LogP contribution in [0.25, 0.3) is 16.9 Å². The quantitative estimate of drug-likeness (QED) is 0.275. The molecule has 0 saturated heterocycles. The molecule has 11 nitrogen and oxygen atoms in total. The number of imide groups is 1. The van der Waals surface area contributed by atoms with Crippen molar-refractivity contribution in [1.82, 2.24) is 29.4 Å². The largest absolute Gasteiger partial charge is 0.459 e. The Hall–Kier alpha value is -4.40. The monoisotopic (exact) mass is 609 g/mol. The lowest BCUT2D eigenvalue weighted by atomic mass is 10.1. The number of rotatable bonds is 7. The second kappa shape index (κ2) is 10.2. The summed E-state index contributed by atoms with van der Waals surface area (Å²) in [5, 5.41) is 16.0. The third-order valence-corrected chi connectivity index (χ3v) is 6.26. The predicted octanol–water partition coefficient (Wildman–Crippen LogP) is 4.84. The number of aromatic nitrogens is 5. The summed E-state index contributed by atoms with van der Waals surface area (Å²) in [5.74, 6) is -9.08. The van der Waals surface area contributed by atoms with Gasteiger partial charge in [0.15, 0.2) is 17.3 Å². The first-order valence-corrected chi connectivity index (χ1v) is 11.5. The molecule has 3 heterocycles. The number of carbonyl (C=O) groups is 2. The fourth-order valence-corrected chi connectivity index (χ4v) is 3.98. The molecular formula is C22H15ClF7N7O4. The van der Waals surface area contributed by atoms with Gasteiger partial charge in [0.25, 0.3) is 5.91 Å². The van der Waals surface area contributed by atoms with Gasteiger partial charge in [0.2, 0.25) is 0 Å². The summed E-state index contributed by atoms with van der Waals surface area (Å²) in [6.45, 7) is -3.80. The normalized spacial score (nSPS) is 14.5. The maximum absolute atomic E-state index is 14.1. The van der Waals surface area contributed by atoms with Crippen molar-refractivity contribution in [2.24, 2.45) is 7.05 Å². The molecule has 3 aromatic heterocycles. The zero-order valence-electron chi connectivity index (χ0n) is 20.6. The number of hydrogen-bond acceptors (Lipinski definition) is 8. The van der Waals surface area contributed by atoms with Crippen molar-refractivity contribution < 1.29 is 49.8 Å². The number of hydrogen-bond donors (Lipinski definition) is 0. The van der Waals surface area contributed by atoms with Crippen LogP contribution in [0.15, 0.2) is 24.7 Å². The van der Waals surface area contributed by atoms with Crippen LogP contribution in [0, 0.1) is 11.3 Å². The van der Waals surface area contributed by atoms with Gasteiger partial charge in [-0.3, -0.25) is 4.79 Å². The van der Waals surface area contributed by atoms with Crippen molar-refractivity contribution >= 4 is 23.6 Å². The molecule has 0 unspecified atom stereocenters. The maximum atomic E-state index is 14.1. The molecule has 0 atom stereocenters. The summed E-state index contributed by atoms with van der Waals surface area (Å²) in [6, 6.07) is 3.03. The van der Waals surface area contributed by atoms with E-state index in [1.165, 1.54) is 0 Å². The highest BCUT2D eigenvalue weighted by molar-refractivity contribution is 6.33. The summed E-state index contributed by atoms with van der Waals surface area (Å²) in [5.41, 5.74) is -3.81. The average Bonchev–Trinajstić information content (AvgIpc) is 3.39.